The number of aryl methyl sites for hydroxylation is 1. The van der Waals surface area contributed by atoms with E-state index in [4.69, 9.17) is 16.3 Å². The fraction of sp³-hybridized carbons (Fsp3) is 0.286. The van der Waals surface area contributed by atoms with E-state index >= 15 is 0 Å². The van der Waals surface area contributed by atoms with Crippen LogP contribution >= 0.6 is 23.4 Å². The topological polar surface area (TPSA) is 69.0 Å². The molecule has 158 valence electrons. The van der Waals surface area contributed by atoms with Crippen molar-refractivity contribution in [1.29, 1.82) is 0 Å². The van der Waals surface area contributed by atoms with Gasteiger partial charge in [-0.1, -0.05) is 23.4 Å². The Labute approximate surface area is 183 Å². The molecular weight excluding hydrogens is 427 g/mol. The van der Waals surface area contributed by atoms with E-state index in [9.17, 15) is 9.18 Å². The standard InChI is InChI=1S/C21H22ClFN4O2S/c1-4-27-20(14(3)29-17-9-10-18(22)13(2)11-17)25-26-21(27)30-12-19(28)24-16-7-5-15(23)6-8-16/h5-11,14H,4,12H2,1-3H3,(H,24,28). The Balaban J connectivity index is 1.63. The van der Waals surface area contributed by atoms with Crippen LogP contribution in [0.5, 0.6) is 5.75 Å². The zero-order valence-electron chi connectivity index (χ0n) is 16.9. The molecule has 1 amide bonds. The number of ether oxygens (including phenoxy) is 1. The molecule has 0 saturated heterocycles. The van der Waals surface area contributed by atoms with E-state index in [1.807, 2.05) is 37.5 Å². The van der Waals surface area contributed by atoms with Crippen LogP contribution < -0.4 is 10.1 Å². The summed E-state index contributed by atoms with van der Waals surface area (Å²) in [5.74, 6) is 0.964. The lowest BCUT2D eigenvalue weighted by atomic mass is 10.2. The van der Waals surface area contributed by atoms with E-state index in [-0.39, 0.29) is 23.6 Å². The van der Waals surface area contributed by atoms with Gasteiger partial charge in [0.1, 0.15) is 11.6 Å². The van der Waals surface area contributed by atoms with Gasteiger partial charge in [0.25, 0.3) is 0 Å². The summed E-state index contributed by atoms with van der Waals surface area (Å²) in [6.45, 7) is 6.43. The Bertz CT molecular complexity index is 1030. The van der Waals surface area contributed by atoms with Crippen molar-refractivity contribution in [2.24, 2.45) is 0 Å². The molecule has 3 rings (SSSR count). The lowest BCUT2D eigenvalue weighted by Crippen LogP contribution is -2.15. The third-order valence-electron chi connectivity index (χ3n) is 4.33. The second-order valence-electron chi connectivity index (χ2n) is 6.60. The molecule has 1 heterocycles. The molecule has 30 heavy (non-hydrogen) atoms. The molecule has 6 nitrogen and oxygen atoms in total. The molecule has 0 fully saturated rings. The van der Waals surface area contributed by atoms with Gasteiger partial charge in [-0.3, -0.25) is 4.79 Å². The molecule has 2 aromatic carbocycles. The zero-order chi connectivity index (χ0) is 21.7. The maximum Gasteiger partial charge on any atom is 0.234 e. The number of nitrogens with one attached hydrogen (secondary N) is 1. The highest BCUT2D eigenvalue weighted by molar-refractivity contribution is 7.99. The first kappa shape index (κ1) is 22.1. The molecule has 9 heteroatoms. The second-order valence-corrected chi connectivity index (χ2v) is 7.95. The van der Waals surface area contributed by atoms with Crippen molar-refractivity contribution in [1.82, 2.24) is 14.8 Å². The summed E-state index contributed by atoms with van der Waals surface area (Å²) in [5, 5.41) is 12.5. The number of hydrogen-bond acceptors (Lipinski definition) is 5. The number of benzene rings is 2. The van der Waals surface area contributed by atoms with Crippen molar-refractivity contribution < 1.29 is 13.9 Å². The summed E-state index contributed by atoms with van der Waals surface area (Å²) < 4.78 is 20.9. The highest BCUT2D eigenvalue weighted by atomic mass is 35.5. The Morgan fingerprint density at radius 3 is 2.67 bits per heavy atom. The largest absolute Gasteiger partial charge is 0.483 e. The molecule has 0 spiro atoms. The van der Waals surface area contributed by atoms with Crippen LogP contribution in [0.25, 0.3) is 0 Å². The van der Waals surface area contributed by atoms with E-state index in [0.717, 1.165) is 5.56 Å². The van der Waals surface area contributed by atoms with Crippen LogP contribution in [-0.4, -0.2) is 26.4 Å². The summed E-state index contributed by atoms with van der Waals surface area (Å²) in [5.41, 5.74) is 1.47. The van der Waals surface area contributed by atoms with Crippen molar-refractivity contribution in [2.45, 2.75) is 38.6 Å². The van der Waals surface area contributed by atoms with Crippen LogP contribution in [0.2, 0.25) is 5.02 Å². The van der Waals surface area contributed by atoms with Gasteiger partial charge < -0.3 is 14.6 Å². The third-order valence-corrected chi connectivity index (χ3v) is 5.72. The fourth-order valence-electron chi connectivity index (χ4n) is 2.81. The van der Waals surface area contributed by atoms with Gasteiger partial charge in [-0.25, -0.2) is 4.39 Å². The predicted octanol–water partition coefficient (Wildman–Crippen LogP) is 5.27. The van der Waals surface area contributed by atoms with Crippen LogP contribution in [-0.2, 0) is 11.3 Å². The molecule has 0 radical (unpaired) electrons. The molecule has 0 aliphatic carbocycles. The second kappa shape index (κ2) is 9.95. The Morgan fingerprint density at radius 2 is 2.00 bits per heavy atom. The average molecular weight is 449 g/mol. The van der Waals surface area contributed by atoms with Crippen LogP contribution in [0.1, 0.15) is 31.3 Å². The first-order valence-electron chi connectivity index (χ1n) is 9.41. The molecule has 0 aliphatic rings. The highest BCUT2D eigenvalue weighted by Gasteiger charge is 2.19. The van der Waals surface area contributed by atoms with Gasteiger partial charge in [-0.15, -0.1) is 10.2 Å². The summed E-state index contributed by atoms with van der Waals surface area (Å²) >= 11 is 7.35. The quantitative estimate of drug-likeness (QED) is 0.475. The highest BCUT2D eigenvalue weighted by Crippen LogP contribution is 2.27. The number of nitrogens with zero attached hydrogens (tertiary/aromatic N) is 3. The van der Waals surface area contributed by atoms with Crippen molar-refractivity contribution in [2.75, 3.05) is 11.1 Å². The summed E-state index contributed by atoms with van der Waals surface area (Å²) in [7, 11) is 0. The lowest BCUT2D eigenvalue weighted by molar-refractivity contribution is -0.113. The summed E-state index contributed by atoms with van der Waals surface area (Å²) in [4.78, 5) is 12.2. The van der Waals surface area contributed by atoms with Gasteiger partial charge in [0.05, 0.1) is 5.75 Å². The number of rotatable bonds is 8. The van der Waals surface area contributed by atoms with Crippen LogP contribution in [0, 0.1) is 12.7 Å². The number of amides is 1. The van der Waals surface area contributed by atoms with Crippen LogP contribution in [0.15, 0.2) is 47.6 Å². The molecule has 0 saturated carbocycles. The van der Waals surface area contributed by atoms with Gasteiger partial charge in [-0.2, -0.15) is 0 Å². The maximum absolute atomic E-state index is 13.0. The molecule has 1 atom stereocenters. The lowest BCUT2D eigenvalue weighted by Gasteiger charge is -2.16. The Hall–Kier alpha value is -2.58. The summed E-state index contributed by atoms with van der Waals surface area (Å²) in [6.07, 6.45) is -0.333. The SMILES string of the molecule is CCn1c(SCC(=O)Nc2ccc(F)cc2)nnc1C(C)Oc1ccc(Cl)c(C)c1. The van der Waals surface area contributed by atoms with Crippen molar-refractivity contribution in [3.63, 3.8) is 0 Å². The molecule has 1 aromatic heterocycles. The molecule has 0 bridgehead atoms. The normalized spacial score (nSPS) is 11.9. The van der Waals surface area contributed by atoms with Crippen LogP contribution in [0.4, 0.5) is 10.1 Å². The Kier molecular flexibility index (Phi) is 7.33. The predicted molar refractivity (Wildman–Crippen MR) is 117 cm³/mol. The molecule has 3 aromatic rings. The first-order valence-corrected chi connectivity index (χ1v) is 10.8. The van der Waals surface area contributed by atoms with E-state index in [2.05, 4.69) is 15.5 Å². The van der Waals surface area contributed by atoms with Gasteiger partial charge in [0.2, 0.25) is 5.91 Å². The van der Waals surface area contributed by atoms with Gasteiger partial charge in [0, 0.05) is 17.3 Å². The van der Waals surface area contributed by atoms with E-state index in [1.54, 1.807) is 6.07 Å². The number of carbonyl (C=O) groups is 1. The van der Waals surface area contributed by atoms with Gasteiger partial charge in [-0.05, 0) is 68.8 Å². The fourth-order valence-corrected chi connectivity index (χ4v) is 3.74. The van der Waals surface area contributed by atoms with Gasteiger partial charge >= 0.3 is 0 Å². The summed E-state index contributed by atoms with van der Waals surface area (Å²) in [6, 6.07) is 11.1. The zero-order valence-corrected chi connectivity index (χ0v) is 18.4. The van der Waals surface area contributed by atoms with Crippen molar-refractivity contribution in [3.8, 4) is 5.75 Å². The molecule has 0 aliphatic heterocycles. The monoisotopic (exact) mass is 448 g/mol. The number of carbonyl (C=O) groups excluding carboxylic acids is 1. The number of thioether (sulfide) groups is 1. The molecule has 1 unspecified atom stereocenters. The van der Waals surface area contributed by atoms with Crippen molar-refractivity contribution in [3.05, 3.63) is 64.7 Å². The van der Waals surface area contributed by atoms with Crippen LogP contribution in [0.3, 0.4) is 0 Å². The minimum absolute atomic E-state index is 0.154. The van der Waals surface area contributed by atoms with Gasteiger partial charge in [0.15, 0.2) is 17.1 Å². The Morgan fingerprint density at radius 1 is 1.27 bits per heavy atom. The number of anilines is 1. The molecule has 1 N–H and O–H groups in total. The van der Waals surface area contributed by atoms with E-state index in [0.29, 0.717) is 34.0 Å². The van der Waals surface area contributed by atoms with E-state index in [1.165, 1.54) is 36.0 Å². The van der Waals surface area contributed by atoms with Crippen molar-refractivity contribution >= 4 is 35.0 Å². The third kappa shape index (κ3) is 5.52. The number of aromatic nitrogens is 3. The minimum Gasteiger partial charge on any atom is -0.483 e. The van der Waals surface area contributed by atoms with E-state index < -0.39 is 0 Å². The average Bonchev–Trinajstić information content (AvgIpc) is 3.14. The molecular formula is C21H22ClFN4O2S. The number of halogens is 2. The number of hydrogen-bond donors (Lipinski definition) is 1. The first-order chi connectivity index (χ1) is 14.4. The minimum atomic E-state index is -0.351. The smallest absolute Gasteiger partial charge is 0.234 e. The maximum atomic E-state index is 13.0.